The van der Waals surface area contributed by atoms with E-state index >= 15 is 0 Å². The Morgan fingerprint density at radius 2 is 1.96 bits per heavy atom. The lowest BCUT2D eigenvalue weighted by atomic mass is 10.1. The number of anilines is 1. The van der Waals surface area contributed by atoms with Crippen LogP contribution in [0.25, 0.3) is 0 Å². The van der Waals surface area contributed by atoms with E-state index < -0.39 is 6.04 Å². The van der Waals surface area contributed by atoms with Crippen molar-refractivity contribution in [2.75, 3.05) is 25.5 Å². The molecule has 0 bridgehead atoms. The lowest BCUT2D eigenvalue weighted by Gasteiger charge is -2.39. The third-order valence-electron chi connectivity index (χ3n) is 5.14. The zero-order chi connectivity index (χ0) is 20.3. The minimum absolute atomic E-state index is 0.0330. The number of hydrogen-bond donors (Lipinski definition) is 1. The van der Waals surface area contributed by atoms with Crippen LogP contribution in [0.2, 0.25) is 0 Å². The molecule has 6 nitrogen and oxygen atoms in total. The van der Waals surface area contributed by atoms with Crippen LogP contribution in [0, 0.1) is 13.8 Å². The van der Waals surface area contributed by atoms with E-state index in [9.17, 15) is 9.59 Å². The van der Waals surface area contributed by atoms with Crippen LogP contribution in [0.5, 0.6) is 5.75 Å². The van der Waals surface area contributed by atoms with E-state index in [-0.39, 0.29) is 11.9 Å². The van der Waals surface area contributed by atoms with E-state index in [1.54, 1.807) is 25.0 Å². The first kappa shape index (κ1) is 19.7. The Bertz CT molecular complexity index is 881. The maximum Gasteiger partial charge on any atom is 0.322 e. The number of carbonyl (C=O) groups excluding carboxylic acids is 2. The fourth-order valence-electron chi connectivity index (χ4n) is 3.49. The summed E-state index contributed by atoms with van der Waals surface area (Å²) in [6.45, 7) is 7.32. The third-order valence-corrected chi connectivity index (χ3v) is 5.14. The van der Waals surface area contributed by atoms with Crippen molar-refractivity contribution in [3.8, 4) is 5.75 Å². The molecule has 1 fully saturated rings. The molecule has 0 saturated carbocycles. The van der Waals surface area contributed by atoms with Gasteiger partial charge in [0.15, 0.2) is 0 Å². The van der Waals surface area contributed by atoms with Crippen molar-refractivity contribution in [3.05, 3.63) is 59.2 Å². The number of methoxy groups -OCH3 is 1. The van der Waals surface area contributed by atoms with Crippen molar-refractivity contribution in [1.82, 2.24) is 9.80 Å². The first-order chi connectivity index (χ1) is 13.4. The van der Waals surface area contributed by atoms with Crippen LogP contribution in [-0.2, 0) is 11.3 Å². The number of ether oxygens (including phenoxy) is 1. The molecule has 1 N–H and O–H groups in total. The Morgan fingerprint density at radius 1 is 1.18 bits per heavy atom. The Hall–Kier alpha value is -3.02. The topological polar surface area (TPSA) is 61.9 Å². The van der Waals surface area contributed by atoms with Gasteiger partial charge in [0.2, 0.25) is 5.91 Å². The Labute approximate surface area is 166 Å². The number of rotatable bonds is 4. The summed E-state index contributed by atoms with van der Waals surface area (Å²) in [5, 5.41) is 2.91. The van der Waals surface area contributed by atoms with Crippen LogP contribution < -0.4 is 10.1 Å². The second kappa shape index (κ2) is 8.33. The van der Waals surface area contributed by atoms with Gasteiger partial charge in [-0.3, -0.25) is 4.79 Å². The molecule has 1 aliphatic heterocycles. The second-order valence-corrected chi connectivity index (χ2v) is 7.23. The number of nitrogens with one attached hydrogen (secondary N) is 1. The average molecular weight is 381 g/mol. The molecule has 1 heterocycles. The molecule has 0 spiro atoms. The van der Waals surface area contributed by atoms with Crippen molar-refractivity contribution in [3.63, 3.8) is 0 Å². The summed E-state index contributed by atoms with van der Waals surface area (Å²) < 4.78 is 5.20. The number of nitrogens with zero attached hydrogens (tertiary/aromatic N) is 2. The Balaban J connectivity index is 1.65. The summed E-state index contributed by atoms with van der Waals surface area (Å²) in [6.07, 6.45) is 0. The van der Waals surface area contributed by atoms with E-state index in [4.69, 9.17) is 4.74 Å². The van der Waals surface area contributed by atoms with Gasteiger partial charge in [0.05, 0.1) is 7.11 Å². The molecule has 0 aromatic heterocycles. The van der Waals surface area contributed by atoms with Gasteiger partial charge in [0.25, 0.3) is 0 Å². The number of amides is 3. The van der Waals surface area contributed by atoms with Crippen molar-refractivity contribution in [2.24, 2.45) is 0 Å². The largest absolute Gasteiger partial charge is 0.497 e. The first-order valence-electron chi connectivity index (χ1n) is 9.45. The van der Waals surface area contributed by atoms with Crippen LogP contribution in [0.1, 0.15) is 23.6 Å². The standard InChI is InChI=1S/C22H27N3O3/c1-15-6-5-7-18(12-15)14-24-10-11-25(17(3)21(24)26)22(27)23-20-9-8-19(28-4)13-16(20)2/h5-9,12-13,17H,10-11,14H2,1-4H3,(H,23,27)/t17-/m1/s1. The molecule has 2 aromatic rings. The summed E-state index contributed by atoms with van der Waals surface area (Å²) >= 11 is 0. The molecule has 0 aliphatic carbocycles. The molecule has 3 rings (SSSR count). The van der Waals surface area contributed by atoms with Gasteiger partial charge < -0.3 is 19.9 Å². The highest BCUT2D eigenvalue weighted by Gasteiger charge is 2.34. The van der Waals surface area contributed by atoms with Crippen molar-refractivity contribution in [1.29, 1.82) is 0 Å². The number of aryl methyl sites for hydroxylation is 2. The number of urea groups is 1. The molecule has 1 saturated heterocycles. The molecule has 148 valence electrons. The lowest BCUT2D eigenvalue weighted by molar-refractivity contribution is -0.139. The molecule has 6 heteroatoms. The van der Waals surface area contributed by atoms with Crippen LogP contribution in [0.3, 0.4) is 0 Å². The smallest absolute Gasteiger partial charge is 0.322 e. The minimum atomic E-state index is -0.503. The Morgan fingerprint density at radius 3 is 2.64 bits per heavy atom. The predicted molar refractivity (Wildman–Crippen MR) is 110 cm³/mol. The van der Waals surface area contributed by atoms with Gasteiger partial charge >= 0.3 is 6.03 Å². The molecule has 0 unspecified atom stereocenters. The van der Waals surface area contributed by atoms with E-state index in [1.807, 2.05) is 49.1 Å². The monoisotopic (exact) mass is 381 g/mol. The molecule has 1 atom stereocenters. The van der Waals surface area contributed by atoms with E-state index in [0.717, 1.165) is 16.9 Å². The van der Waals surface area contributed by atoms with Crippen LogP contribution >= 0.6 is 0 Å². The van der Waals surface area contributed by atoms with Gasteiger partial charge in [-0.15, -0.1) is 0 Å². The highest BCUT2D eigenvalue weighted by atomic mass is 16.5. The van der Waals surface area contributed by atoms with Crippen molar-refractivity contribution < 1.29 is 14.3 Å². The predicted octanol–water partition coefficient (Wildman–Crippen LogP) is 3.58. The summed E-state index contributed by atoms with van der Waals surface area (Å²) in [4.78, 5) is 29.0. The van der Waals surface area contributed by atoms with Gasteiger partial charge in [0, 0.05) is 25.3 Å². The van der Waals surface area contributed by atoms with Gasteiger partial charge in [-0.2, -0.15) is 0 Å². The third kappa shape index (κ3) is 4.27. The van der Waals surface area contributed by atoms with E-state index in [0.29, 0.717) is 25.3 Å². The summed E-state index contributed by atoms with van der Waals surface area (Å²) in [6, 6.07) is 12.9. The molecule has 28 heavy (non-hydrogen) atoms. The molecule has 3 amide bonds. The van der Waals surface area contributed by atoms with Crippen molar-refractivity contribution >= 4 is 17.6 Å². The van der Waals surface area contributed by atoms with Crippen molar-refractivity contribution in [2.45, 2.75) is 33.4 Å². The zero-order valence-corrected chi connectivity index (χ0v) is 16.9. The maximum absolute atomic E-state index is 12.8. The maximum atomic E-state index is 12.8. The average Bonchev–Trinajstić information content (AvgIpc) is 2.67. The second-order valence-electron chi connectivity index (χ2n) is 7.23. The number of benzene rings is 2. The van der Waals surface area contributed by atoms with Crippen LogP contribution in [-0.4, -0.2) is 48.0 Å². The molecule has 2 aromatic carbocycles. The lowest BCUT2D eigenvalue weighted by Crippen LogP contribution is -2.58. The normalized spacial score (nSPS) is 16.9. The molecule has 1 aliphatic rings. The number of carbonyl (C=O) groups is 2. The van der Waals surface area contributed by atoms with Crippen LogP contribution in [0.4, 0.5) is 10.5 Å². The minimum Gasteiger partial charge on any atom is -0.497 e. The number of piperazine rings is 1. The summed E-state index contributed by atoms with van der Waals surface area (Å²) in [7, 11) is 1.61. The summed E-state index contributed by atoms with van der Waals surface area (Å²) in [5.41, 5.74) is 3.90. The molecular weight excluding hydrogens is 354 g/mol. The summed E-state index contributed by atoms with van der Waals surface area (Å²) in [5.74, 6) is 0.707. The first-order valence-corrected chi connectivity index (χ1v) is 9.45. The molecular formula is C22H27N3O3. The zero-order valence-electron chi connectivity index (χ0n) is 16.9. The van der Waals surface area contributed by atoms with Gasteiger partial charge in [-0.05, 0) is 50.1 Å². The van der Waals surface area contributed by atoms with Gasteiger partial charge in [-0.25, -0.2) is 4.79 Å². The SMILES string of the molecule is COc1ccc(NC(=O)N2CCN(Cc3cccc(C)c3)C(=O)[C@H]2C)c(C)c1. The number of hydrogen-bond acceptors (Lipinski definition) is 3. The van der Waals surface area contributed by atoms with Gasteiger partial charge in [0.1, 0.15) is 11.8 Å². The van der Waals surface area contributed by atoms with E-state index in [2.05, 4.69) is 11.4 Å². The highest BCUT2D eigenvalue weighted by molar-refractivity contribution is 5.95. The Kier molecular flexibility index (Phi) is 5.87. The fourth-order valence-corrected chi connectivity index (χ4v) is 3.49. The quantitative estimate of drug-likeness (QED) is 0.881. The fraction of sp³-hybridized carbons (Fsp3) is 0.364. The van der Waals surface area contributed by atoms with Gasteiger partial charge in [-0.1, -0.05) is 29.8 Å². The molecule has 0 radical (unpaired) electrons. The highest BCUT2D eigenvalue weighted by Crippen LogP contribution is 2.22. The van der Waals surface area contributed by atoms with E-state index in [1.165, 1.54) is 5.56 Å². The van der Waals surface area contributed by atoms with Crippen LogP contribution in [0.15, 0.2) is 42.5 Å².